The highest BCUT2D eigenvalue weighted by molar-refractivity contribution is 7.91. The molecule has 0 aliphatic carbocycles. The molecule has 2 heterocycles. The first kappa shape index (κ1) is 24.1. The second-order valence-electron chi connectivity index (χ2n) is 8.23. The highest BCUT2D eigenvalue weighted by Gasteiger charge is 2.22. The summed E-state index contributed by atoms with van der Waals surface area (Å²) in [4.78, 5) is 9.68. The van der Waals surface area contributed by atoms with Crippen LogP contribution >= 0.6 is 12.4 Å². The van der Waals surface area contributed by atoms with Gasteiger partial charge in [0.25, 0.3) is 0 Å². The molecule has 0 radical (unpaired) electrons. The molecule has 1 saturated heterocycles. The Labute approximate surface area is 205 Å². The van der Waals surface area contributed by atoms with Crippen molar-refractivity contribution in [2.24, 2.45) is 0 Å². The summed E-state index contributed by atoms with van der Waals surface area (Å²) in [6.07, 6.45) is 1.46. The second-order valence-corrected chi connectivity index (χ2v) is 10.2. The maximum Gasteiger partial charge on any atom is 0.208 e. The number of halogens is 2. The quantitative estimate of drug-likeness (QED) is 0.390. The van der Waals surface area contributed by atoms with Gasteiger partial charge in [0, 0.05) is 44.3 Å². The monoisotopic (exact) mass is 497 g/mol. The van der Waals surface area contributed by atoms with E-state index in [0.29, 0.717) is 0 Å². The van der Waals surface area contributed by atoms with E-state index in [1.807, 2.05) is 30.3 Å². The molecule has 0 spiro atoms. The van der Waals surface area contributed by atoms with E-state index in [4.69, 9.17) is 0 Å². The summed E-state index contributed by atoms with van der Waals surface area (Å²) in [5.74, 6) is -0.216. The predicted molar refractivity (Wildman–Crippen MR) is 135 cm³/mol. The number of fused-ring (bicyclic) bond motifs is 1. The topological polar surface area (TPSA) is 53.5 Å². The number of piperazine rings is 1. The van der Waals surface area contributed by atoms with Crippen LogP contribution in [0.1, 0.15) is 5.56 Å². The Kier molecular flexibility index (Phi) is 7.16. The normalized spacial score (nSPS) is 14.7. The van der Waals surface area contributed by atoms with E-state index in [1.54, 1.807) is 36.4 Å². The van der Waals surface area contributed by atoms with Gasteiger partial charge in [0.1, 0.15) is 5.82 Å². The molecule has 8 heteroatoms. The van der Waals surface area contributed by atoms with Gasteiger partial charge in [-0.2, -0.15) is 0 Å². The van der Waals surface area contributed by atoms with Crippen LogP contribution in [0.2, 0.25) is 0 Å². The molecule has 3 aromatic carbocycles. The minimum absolute atomic E-state index is 0. The van der Waals surface area contributed by atoms with Crippen molar-refractivity contribution in [3.05, 3.63) is 96.4 Å². The fourth-order valence-electron chi connectivity index (χ4n) is 4.26. The van der Waals surface area contributed by atoms with Crippen molar-refractivity contribution >= 4 is 38.8 Å². The van der Waals surface area contributed by atoms with E-state index in [0.717, 1.165) is 54.9 Å². The molecule has 0 amide bonds. The lowest BCUT2D eigenvalue weighted by Gasteiger charge is -2.36. The van der Waals surface area contributed by atoms with E-state index in [1.165, 1.54) is 18.3 Å². The van der Waals surface area contributed by atoms with Crippen molar-refractivity contribution in [3.63, 3.8) is 0 Å². The number of sulfone groups is 1. The number of pyridine rings is 1. The molecule has 0 N–H and O–H groups in total. The molecule has 0 atom stereocenters. The molecule has 0 bridgehead atoms. The average molecular weight is 498 g/mol. The third-order valence-electron chi connectivity index (χ3n) is 6.06. The molecule has 1 aromatic heterocycles. The maximum atomic E-state index is 13.1. The zero-order valence-corrected chi connectivity index (χ0v) is 20.1. The standard InChI is InChI=1S/C26H24FN3O2S.ClH/c27-22-11-9-20(10-12-22)19-29-13-15-30(16-14-29)25-8-4-5-21-17-24(18-28-26(21)25)33(31,32)23-6-2-1-3-7-23;/h1-12,17-18H,13-16,19H2;1H. The molecule has 5 nitrogen and oxygen atoms in total. The first-order chi connectivity index (χ1) is 16.0. The molecule has 0 saturated carbocycles. The molecular formula is C26H25ClFN3O2S. The Morgan fingerprint density at radius 2 is 1.53 bits per heavy atom. The van der Waals surface area contributed by atoms with Gasteiger partial charge in [-0.25, -0.2) is 12.8 Å². The van der Waals surface area contributed by atoms with Gasteiger partial charge in [0.05, 0.1) is 21.0 Å². The van der Waals surface area contributed by atoms with Crippen molar-refractivity contribution in [1.29, 1.82) is 0 Å². The fourth-order valence-corrected chi connectivity index (χ4v) is 5.52. The first-order valence-corrected chi connectivity index (χ1v) is 12.4. The Bertz CT molecular complexity index is 1370. The Morgan fingerprint density at radius 3 is 2.24 bits per heavy atom. The second kappa shape index (κ2) is 10.1. The SMILES string of the molecule is Cl.O=S(=O)(c1ccccc1)c1cnc2c(N3CCN(Cc4ccc(F)cc4)CC3)cccc2c1. The van der Waals surface area contributed by atoms with Crippen LogP contribution in [0.3, 0.4) is 0 Å². The van der Waals surface area contributed by atoms with Gasteiger partial charge in [0.15, 0.2) is 0 Å². The minimum Gasteiger partial charge on any atom is -0.367 e. The van der Waals surface area contributed by atoms with Gasteiger partial charge < -0.3 is 4.90 Å². The minimum atomic E-state index is -3.61. The summed E-state index contributed by atoms with van der Waals surface area (Å²) in [5.41, 5.74) is 2.91. The molecule has 1 aliphatic heterocycles. The summed E-state index contributed by atoms with van der Waals surface area (Å²) in [7, 11) is -3.61. The van der Waals surface area contributed by atoms with Crippen LogP contribution in [0.25, 0.3) is 10.9 Å². The summed E-state index contributed by atoms with van der Waals surface area (Å²) in [6, 6.07) is 22.7. The summed E-state index contributed by atoms with van der Waals surface area (Å²) >= 11 is 0. The van der Waals surface area contributed by atoms with Crippen molar-refractivity contribution in [3.8, 4) is 0 Å². The molecule has 1 aliphatic rings. The van der Waals surface area contributed by atoms with Gasteiger partial charge in [-0.05, 0) is 42.0 Å². The average Bonchev–Trinajstić information content (AvgIpc) is 2.86. The van der Waals surface area contributed by atoms with E-state index in [9.17, 15) is 12.8 Å². The lowest BCUT2D eigenvalue weighted by molar-refractivity contribution is 0.250. The van der Waals surface area contributed by atoms with Crippen molar-refractivity contribution in [2.75, 3.05) is 31.1 Å². The van der Waals surface area contributed by atoms with Gasteiger partial charge in [-0.1, -0.05) is 42.5 Å². The van der Waals surface area contributed by atoms with E-state index < -0.39 is 9.84 Å². The zero-order valence-electron chi connectivity index (χ0n) is 18.5. The number of aromatic nitrogens is 1. The van der Waals surface area contributed by atoms with Crippen LogP contribution in [-0.2, 0) is 16.4 Å². The van der Waals surface area contributed by atoms with Crippen LogP contribution in [0.5, 0.6) is 0 Å². The van der Waals surface area contributed by atoms with Crippen LogP contribution in [0.4, 0.5) is 10.1 Å². The Morgan fingerprint density at radius 1 is 0.824 bits per heavy atom. The number of hydrogen-bond acceptors (Lipinski definition) is 5. The number of rotatable bonds is 5. The zero-order chi connectivity index (χ0) is 22.8. The van der Waals surface area contributed by atoms with Crippen LogP contribution in [-0.4, -0.2) is 44.5 Å². The Balaban J connectivity index is 0.00000274. The molecule has 34 heavy (non-hydrogen) atoms. The van der Waals surface area contributed by atoms with Gasteiger partial charge >= 0.3 is 0 Å². The highest BCUT2D eigenvalue weighted by Crippen LogP contribution is 2.29. The van der Waals surface area contributed by atoms with Crippen molar-refractivity contribution < 1.29 is 12.8 Å². The molecule has 0 unspecified atom stereocenters. The van der Waals surface area contributed by atoms with Crippen LogP contribution < -0.4 is 4.90 Å². The summed E-state index contributed by atoms with van der Waals surface area (Å²) in [5, 5.41) is 0.804. The fraction of sp³-hybridized carbons (Fsp3) is 0.192. The summed E-state index contributed by atoms with van der Waals surface area (Å²) in [6.45, 7) is 4.24. The highest BCUT2D eigenvalue weighted by atomic mass is 35.5. The number of para-hydroxylation sites is 1. The predicted octanol–water partition coefficient (Wildman–Crippen LogP) is 4.95. The van der Waals surface area contributed by atoms with Crippen LogP contribution in [0, 0.1) is 5.82 Å². The number of hydrogen-bond donors (Lipinski definition) is 0. The smallest absolute Gasteiger partial charge is 0.208 e. The van der Waals surface area contributed by atoms with Crippen LogP contribution in [0.15, 0.2) is 94.9 Å². The van der Waals surface area contributed by atoms with Gasteiger partial charge in [-0.15, -0.1) is 12.4 Å². The number of benzene rings is 3. The maximum absolute atomic E-state index is 13.1. The lowest BCUT2D eigenvalue weighted by Crippen LogP contribution is -2.46. The number of anilines is 1. The van der Waals surface area contributed by atoms with E-state index in [-0.39, 0.29) is 28.0 Å². The van der Waals surface area contributed by atoms with Gasteiger partial charge in [0.2, 0.25) is 9.84 Å². The third kappa shape index (κ3) is 4.92. The number of nitrogens with zero attached hydrogens (tertiary/aromatic N) is 3. The van der Waals surface area contributed by atoms with Crippen molar-refractivity contribution in [1.82, 2.24) is 9.88 Å². The largest absolute Gasteiger partial charge is 0.367 e. The third-order valence-corrected chi connectivity index (χ3v) is 7.80. The molecular weight excluding hydrogens is 473 g/mol. The van der Waals surface area contributed by atoms with Gasteiger partial charge in [-0.3, -0.25) is 9.88 Å². The molecule has 176 valence electrons. The summed E-state index contributed by atoms with van der Waals surface area (Å²) < 4.78 is 39.1. The molecule has 4 aromatic rings. The van der Waals surface area contributed by atoms with E-state index >= 15 is 0 Å². The van der Waals surface area contributed by atoms with Crippen molar-refractivity contribution in [2.45, 2.75) is 16.3 Å². The lowest BCUT2D eigenvalue weighted by atomic mass is 10.1. The Hall–Kier alpha value is -3.00. The molecule has 5 rings (SSSR count). The molecule has 1 fully saturated rings. The first-order valence-electron chi connectivity index (χ1n) is 10.9. The van der Waals surface area contributed by atoms with E-state index in [2.05, 4.69) is 14.8 Å².